The molecule has 2 aromatic carbocycles. The first-order valence-corrected chi connectivity index (χ1v) is 10.9. The molecular formula is C24H21N3O4S. The van der Waals surface area contributed by atoms with Crippen molar-refractivity contribution < 1.29 is 14.1 Å². The first-order valence-electron chi connectivity index (χ1n) is 10.1. The largest absolute Gasteiger partial charge is 0.457 e. The Hall–Kier alpha value is -3.65. The van der Waals surface area contributed by atoms with Crippen molar-refractivity contribution in [3.8, 4) is 11.3 Å². The fourth-order valence-electron chi connectivity index (χ4n) is 3.29. The van der Waals surface area contributed by atoms with E-state index in [1.807, 2.05) is 37.3 Å². The van der Waals surface area contributed by atoms with Gasteiger partial charge in [0.25, 0.3) is 11.6 Å². The summed E-state index contributed by atoms with van der Waals surface area (Å²) in [5.41, 5.74) is 4.09. The monoisotopic (exact) mass is 447 g/mol. The summed E-state index contributed by atoms with van der Waals surface area (Å²) in [6, 6.07) is 14.7. The first-order chi connectivity index (χ1) is 15.3. The van der Waals surface area contributed by atoms with Gasteiger partial charge in [0.15, 0.2) is 5.17 Å². The molecule has 1 saturated heterocycles. The molecule has 0 atom stereocenters. The number of aliphatic imine (C=N–C) groups is 1. The molecule has 1 aliphatic rings. The van der Waals surface area contributed by atoms with E-state index in [0.29, 0.717) is 32.7 Å². The molecule has 0 unspecified atom stereocenters. The number of nitro groups is 1. The van der Waals surface area contributed by atoms with Gasteiger partial charge in [0.2, 0.25) is 0 Å². The fraction of sp³-hybridized carbons (Fsp3) is 0.167. The van der Waals surface area contributed by atoms with Crippen LogP contribution in [0.3, 0.4) is 0 Å². The van der Waals surface area contributed by atoms with Gasteiger partial charge in [0, 0.05) is 23.3 Å². The quantitative estimate of drug-likeness (QED) is 0.297. The maximum Gasteiger partial charge on any atom is 0.273 e. The van der Waals surface area contributed by atoms with Crippen LogP contribution >= 0.6 is 11.8 Å². The molecule has 1 amide bonds. The van der Waals surface area contributed by atoms with Crippen LogP contribution in [0.2, 0.25) is 0 Å². The topological polar surface area (TPSA) is 97.7 Å². The zero-order valence-corrected chi connectivity index (χ0v) is 18.7. The van der Waals surface area contributed by atoms with Crippen LogP contribution in [0.4, 0.5) is 11.4 Å². The predicted octanol–water partition coefficient (Wildman–Crippen LogP) is 5.93. The number of hydrogen-bond acceptors (Lipinski definition) is 6. The lowest BCUT2D eigenvalue weighted by molar-refractivity contribution is -0.385. The average molecular weight is 448 g/mol. The third-order valence-corrected chi connectivity index (χ3v) is 6.16. The van der Waals surface area contributed by atoms with Gasteiger partial charge in [-0.3, -0.25) is 14.9 Å². The minimum absolute atomic E-state index is 0.0508. The number of benzene rings is 2. The Labute approximate surface area is 189 Å². The average Bonchev–Trinajstić information content (AvgIpc) is 3.37. The molecule has 1 aliphatic heterocycles. The van der Waals surface area contributed by atoms with E-state index < -0.39 is 4.92 Å². The summed E-state index contributed by atoms with van der Waals surface area (Å²) in [7, 11) is 0. The predicted molar refractivity (Wildman–Crippen MR) is 127 cm³/mol. The number of carbonyl (C=O) groups excluding carboxylic acids is 1. The maximum atomic E-state index is 12.4. The Morgan fingerprint density at radius 2 is 1.91 bits per heavy atom. The Morgan fingerprint density at radius 1 is 1.16 bits per heavy atom. The lowest BCUT2D eigenvalue weighted by atomic mass is 10.0. The molecule has 1 fully saturated rings. The van der Waals surface area contributed by atoms with Crippen molar-refractivity contribution in [3.63, 3.8) is 0 Å². The number of nitro benzene ring substituents is 1. The number of carbonyl (C=O) groups is 1. The molecular weight excluding hydrogens is 426 g/mol. The number of amidine groups is 1. The zero-order valence-electron chi connectivity index (χ0n) is 17.8. The highest BCUT2D eigenvalue weighted by Gasteiger charge is 2.24. The van der Waals surface area contributed by atoms with Crippen LogP contribution in [0, 0.1) is 24.0 Å². The Morgan fingerprint density at radius 3 is 2.59 bits per heavy atom. The van der Waals surface area contributed by atoms with Gasteiger partial charge in [-0.25, -0.2) is 4.99 Å². The van der Waals surface area contributed by atoms with Crippen LogP contribution in [0.15, 0.2) is 62.8 Å². The SMILES string of the molecule is CCc1ccc(N=C2NC(=O)/C(=C/c3ccc(-c4cc(C)c(C)c([N+](=O)[O-])c4)o3)S2)cc1. The smallest absolute Gasteiger partial charge is 0.273 e. The number of amides is 1. The second-order valence-electron chi connectivity index (χ2n) is 7.40. The molecule has 32 heavy (non-hydrogen) atoms. The number of hydrogen-bond donors (Lipinski definition) is 1. The third-order valence-electron chi connectivity index (χ3n) is 5.25. The summed E-state index contributed by atoms with van der Waals surface area (Å²) in [4.78, 5) is 28.2. The normalized spacial score (nSPS) is 16.0. The van der Waals surface area contributed by atoms with E-state index in [0.717, 1.165) is 17.7 Å². The van der Waals surface area contributed by atoms with Gasteiger partial charge in [0.1, 0.15) is 11.5 Å². The molecule has 1 N–H and O–H groups in total. The van der Waals surface area contributed by atoms with Gasteiger partial charge in [-0.05, 0) is 73.5 Å². The number of aryl methyl sites for hydroxylation is 2. The molecule has 4 rings (SSSR count). The van der Waals surface area contributed by atoms with E-state index in [-0.39, 0.29) is 11.6 Å². The fourth-order valence-corrected chi connectivity index (χ4v) is 4.11. The summed E-state index contributed by atoms with van der Waals surface area (Å²) < 4.78 is 5.86. The molecule has 0 saturated carbocycles. The highest BCUT2D eigenvalue weighted by Crippen LogP contribution is 2.33. The van der Waals surface area contributed by atoms with Gasteiger partial charge < -0.3 is 9.73 Å². The molecule has 162 valence electrons. The van der Waals surface area contributed by atoms with Gasteiger partial charge >= 0.3 is 0 Å². The van der Waals surface area contributed by atoms with E-state index >= 15 is 0 Å². The summed E-state index contributed by atoms with van der Waals surface area (Å²) in [6.45, 7) is 5.64. The standard InChI is InChI=1S/C24H21N3O4S/c1-4-16-5-7-18(8-6-16)25-24-26-23(28)22(32-24)13-19-9-10-21(31-19)17-11-14(2)15(3)20(12-17)27(29)30/h5-13H,4H2,1-3H3,(H,25,26,28)/b22-13-. The van der Waals surface area contributed by atoms with Crippen molar-refractivity contribution in [2.45, 2.75) is 27.2 Å². The van der Waals surface area contributed by atoms with Gasteiger partial charge in [0.05, 0.1) is 15.5 Å². The van der Waals surface area contributed by atoms with Crippen molar-refractivity contribution >= 4 is 40.3 Å². The van der Waals surface area contributed by atoms with Crippen molar-refractivity contribution in [1.82, 2.24) is 5.32 Å². The molecule has 0 spiro atoms. The summed E-state index contributed by atoms with van der Waals surface area (Å²) in [6.07, 6.45) is 2.59. The van der Waals surface area contributed by atoms with Gasteiger partial charge in [-0.1, -0.05) is 19.1 Å². The van der Waals surface area contributed by atoms with Crippen molar-refractivity contribution in [3.05, 3.63) is 86.0 Å². The van der Waals surface area contributed by atoms with Crippen molar-refractivity contribution in [2.75, 3.05) is 0 Å². The van der Waals surface area contributed by atoms with Crippen LogP contribution in [0.25, 0.3) is 17.4 Å². The number of nitrogens with zero attached hydrogens (tertiary/aromatic N) is 2. The number of rotatable bonds is 5. The van der Waals surface area contributed by atoms with E-state index in [9.17, 15) is 14.9 Å². The molecule has 1 aromatic heterocycles. The van der Waals surface area contributed by atoms with E-state index in [2.05, 4.69) is 17.2 Å². The molecule has 0 radical (unpaired) electrons. The van der Waals surface area contributed by atoms with E-state index in [1.54, 1.807) is 25.1 Å². The first kappa shape index (κ1) is 21.6. The molecule has 0 bridgehead atoms. The molecule has 3 aromatic rings. The second kappa shape index (κ2) is 8.84. The molecule has 2 heterocycles. The third kappa shape index (κ3) is 4.50. The second-order valence-corrected chi connectivity index (χ2v) is 8.43. The van der Waals surface area contributed by atoms with Crippen LogP contribution in [0.1, 0.15) is 29.4 Å². The van der Waals surface area contributed by atoms with Gasteiger partial charge in [-0.15, -0.1) is 0 Å². The summed E-state index contributed by atoms with van der Waals surface area (Å²) in [5.74, 6) is 0.724. The van der Waals surface area contributed by atoms with Crippen molar-refractivity contribution in [2.24, 2.45) is 4.99 Å². The lowest BCUT2D eigenvalue weighted by Gasteiger charge is -2.04. The molecule has 7 nitrogen and oxygen atoms in total. The zero-order chi connectivity index (χ0) is 22.8. The summed E-state index contributed by atoms with van der Waals surface area (Å²) in [5, 5.41) is 14.6. The minimum Gasteiger partial charge on any atom is -0.457 e. The van der Waals surface area contributed by atoms with Crippen LogP contribution in [-0.4, -0.2) is 16.0 Å². The van der Waals surface area contributed by atoms with Gasteiger partial charge in [-0.2, -0.15) is 0 Å². The van der Waals surface area contributed by atoms with Crippen LogP contribution in [-0.2, 0) is 11.2 Å². The lowest BCUT2D eigenvalue weighted by Crippen LogP contribution is -2.19. The number of thioether (sulfide) groups is 1. The Balaban J connectivity index is 1.56. The van der Waals surface area contributed by atoms with E-state index in [1.165, 1.54) is 23.4 Å². The highest BCUT2D eigenvalue weighted by atomic mass is 32.2. The van der Waals surface area contributed by atoms with Crippen molar-refractivity contribution in [1.29, 1.82) is 0 Å². The van der Waals surface area contributed by atoms with Crippen LogP contribution < -0.4 is 5.32 Å². The number of furan rings is 1. The highest BCUT2D eigenvalue weighted by molar-refractivity contribution is 8.18. The Kier molecular flexibility index (Phi) is 5.96. The molecule has 0 aliphatic carbocycles. The maximum absolute atomic E-state index is 12.4. The minimum atomic E-state index is -0.395. The Bertz CT molecular complexity index is 1270. The number of nitrogens with one attached hydrogen (secondary N) is 1. The summed E-state index contributed by atoms with van der Waals surface area (Å²) >= 11 is 1.24. The van der Waals surface area contributed by atoms with Crippen LogP contribution in [0.5, 0.6) is 0 Å². The van der Waals surface area contributed by atoms with E-state index in [4.69, 9.17) is 4.42 Å². The molecule has 8 heteroatoms.